The Hall–Kier alpha value is -1.85. The Kier molecular flexibility index (Phi) is 2.32. The first-order chi connectivity index (χ1) is 6.00. The Bertz CT molecular complexity index is 327. The number of nitrogens with two attached hydrogens (primary N) is 1. The van der Waals surface area contributed by atoms with Crippen LogP contribution in [0.1, 0.15) is 12.7 Å². The molecule has 0 aromatic carbocycles. The molecule has 0 aliphatic heterocycles. The normalized spacial score (nSPS) is 9.69. The highest BCUT2D eigenvalue weighted by atomic mass is 16.3. The fourth-order valence-electron chi connectivity index (χ4n) is 0.875. The number of hydrogen-bond donors (Lipinski definition) is 3. The maximum Gasteiger partial charge on any atom is 0.240 e. The zero-order chi connectivity index (χ0) is 10.0. The SMILES string of the molecule is CC(=O)Nc1c(N)nc(C)nc1O. The molecule has 1 aromatic heterocycles. The molecule has 1 heterocycles. The molecule has 0 saturated carbocycles. The van der Waals surface area contributed by atoms with E-state index in [0.29, 0.717) is 5.82 Å². The predicted octanol–water partition coefficient (Wildman–Crippen LogP) is 0.0312. The lowest BCUT2D eigenvalue weighted by Gasteiger charge is -2.06. The standard InChI is InChI=1S/C7H10N4O2/c1-3-9-6(8)5(7(13)10-3)11-4(2)12/h1-2H3,(H,11,12)(H3,8,9,10,13). The van der Waals surface area contributed by atoms with Gasteiger partial charge in [0.2, 0.25) is 11.8 Å². The fourth-order valence-corrected chi connectivity index (χ4v) is 0.875. The summed E-state index contributed by atoms with van der Waals surface area (Å²) in [5.74, 6) is -0.251. The number of aryl methyl sites for hydroxylation is 1. The maximum absolute atomic E-state index is 10.7. The van der Waals surface area contributed by atoms with Gasteiger partial charge in [-0.2, -0.15) is 4.98 Å². The molecular formula is C7H10N4O2. The van der Waals surface area contributed by atoms with Crippen molar-refractivity contribution in [2.75, 3.05) is 11.1 Å². The highest BCUT2D eigenvalue weighted by Crippen LogP contribution is 2.25. The van der Waals surface area contributed by atoms with Crippen LogP contribution in [0.4, 0.5) is 11.5 Å². The number of nitrogen functional groups attached to an aromatic ring is 1. The summed E-state index contributed by atoms with van der Waals surface area (Å²) >= 11 is 0. The van der Waals surface area contributed by atoms with Crippen LogP contribution in [0, 0.1) is 6.92 Å². The Morgan fingerprint density at radius 3 is 2.62 bits per heavy atom. The molecule has 70 valence electrons. The van der Waals surface area contributed by atoms with E-state index in [9.17, 15) is 9.90 Å². The van der Waals surface area contributed by atoms with E-state index < -0.39 is 0 Å². The first-order valence-corrected chi connectivity index (χ1v) is 3.61. The second-order valence-electron chi connectivity index (χ2n) is 2.54. The third-order valence-corrected chi connectivity index (χ3v) is 1.33. The third kappa shape index (κ3) is 2.05. The van der Waals surface area contributed by atoms with Gasteiger partial charge in [-0.25, -0.2) is 4.98 Å². The zero-order valence-electron chi connectivity index (χ0n) is 7.33. The summed E-state index contributed by atoms with van der Waals surface area (Å²) in [5.41, 5.74) is 5.50. The minimum absolute atomic E-state index is 0.0538. The number of amides is 1. The van der Waals surface area contributed by atoms with Crippen molar-refractivity contribution in [3.8, 4) is 5.88 Å². The van der Waals surface area contributed by atoms with Gasteiger partial charge in [0, 0.05) is 6.92 Å². The monoisotopic (exact) mass is 182 g/mol. The van der Waals surface area contributed by atoms with Crippen LogP contribution < -0.4 is 11.1 Å². The highest BCUT2D eigenvalue weighted by Gasteiger charge is 2.10. The molecule has 1 amide bonds. The van der Waals surface area contributed by atoms with E-state index in [1.54, 1.807) is 6.92 Å². The van der Waals surface area contributed by atoms with Crippen LogP contribution in [0.3, 0.4) is 0 Å². The smallest absolute Gasteiger partial charge is 0.240 e. The van der Waals surface area contributed by atoms with E-state index in [0.717, 1.165) is 0 Å². The molecule has 4 N–H and O–H groups in total. The molecule has 0 radical (unpaired) electrons. The van der Waals surface area contributed by atoms with Gasteiger partial charge in [0.05, 0.1) is 0 Å². The zero-order valence-corrected chi connectivity index (χ0v) is 7.33. The second-order valence-corrected chi connectivity index (χ2v) is 2.54. The van der Waals surface area contributed by atoms with Gasteiger partial charge in [0.25, 0.3) is 0 Å². The summed E-state index contributed by atoms with van der Waals surface area (Å²) in [5, 5.41) is 11.6. The number of aromatic nitrogens is 2. The Labute approximate surface area is 74.8 Å². The quantitative estimate of drug-likeness (QED) is 0.568. The molecule has 1 aromatic rings. The number of nitrogens with zero attached hydrogens (tertiary/aromatic N) is 2. The molecule has 0 aliphatic rings. The van der Waals surface area contributed by atoms with Crippen molar-refractivity contribution in [3.05, 3.63) is 5.82 Å². The fraction of sp³-hybridized carbons (Fsp3) is 0.286. The van der Waals surface area contributed by atoms with Gasteiger partial charge in [0.1, 0.15) is 11.5 Å². The van der Waals surface area contributed by atoms with Crippen LogP contribution >= 0.6 is 0 Å². The van der Waals surface area contributed by atoms with Crippen LogP contribution in [0.25, 0.3) is 0 Å². The maximum atomic E-state index is 10.7. The molecule has 0 unspecified atom stereocenters. The van der Waals surface area contributed by atoms with Gasteiger partial charge in [-0.1, -0.05) is 0 Å². The molecule has 0 saturated heterocycles. The van der Waals surface area contributed by atoms with Gasteiger partial charge in [0.15, 0.2) is 5.82 Å². The summed E-state index contributed by atoms with van der Waals surface area (Å²) < 4.78 is 0. The van der Waals surface area contributed by atoms with E-state index in [4.69, 9.17) is 5.73 Å². The molecule has 0 spiro atoms. The number of aromatic hydroxyl groups is 1. The van der Waals surface area contributed by atoms with Gasteiger partial charge in [-0.05, 0) is 6.92 Å². The summed E-state index contributed by atoms with van der Waals surface area (Å²) in [6.45, 7) is 2.90. The van der Waals surface area contributed by atoms with E-state index in [1.165, 1.54) is 6.92 Å². The van der Waals surface area contributed by atoms with Crippen molar-refractivity contribution in [3.63, 3.8) is 0 Å². The van der Waals surface area contributed by atoms with Gasteiger partial charge >= 0.3 is 0 Å². The first kappa shape index (κ1) is 9.24. The van der Waals surface area contributed by atoms with E-state index in [2.05, 4.69) is 15.3 Å². The van der Waals surface area contributed by atoms with E-state index in [1.807, 2.05) is 0 Å². The van der Waals surface area contributed by atoms with Crippen LogP contribution in [0.2, 0.25) is 0 Å². The molecule has 0 aliphatic carbocycles. The average molecular weight is 182 g/mol. The van der Waals surface area contributed by atoms with Gasteiger partial charge < -0.3 is 16.2 Å². The summed E-state index contributed by atoms with van der Waals surface area (Å²) in [7, 11) is 0. The average Bonchev–Trinajstić information content (AvgIpc) is 1.96. The predicted molar refractivity (Wildman–Crippen MR) is 47.1 cm³/mol. The molecule has 0 bridgehead atoms. The Morgan fingerprint density at radius 2 is 2.15 bits per heavy atom. The van der Waals surface area contributed by atoms with Crippen molar-refractivity contribution < 1.29 is 9.90 Å². The lowest BCUT2D eigenvalue weighted by Crippen LogP contribution is -2.10. The van der Waals surface area contributed by atoms with Crippen molar-refractivity contribution in [2.24, 2.45) is 0 Å². The topological polar surface area (TPSA) is 101 Å². The lowest BCUT2D eigenvalue weighted by atomic mass is 10.4. The van der Waals surface area contributed by atoms with Gasteiger partial charge in [-0.15, -0.1) is 0 Å². The second kappa shape index (κ2) is 3.26. The number of rotatable bonds is 1. The molecule has 0 fully saturated rings. The molecule has 1 rings (SSSR count). The molecule has 0 atom stereocenters. The Morgan fingerprint density at radius 1 is 1.54 bits per heavy atom. The summed E-state index contributed by atoms with van der Waals surface area (Å²) in [6.07, 6.45) is 0. The van der Waals surface area contributed by atoms with Gasteiger partial charge in [-0.3, -0.25) is 4.79 Å². The molecule has 13 heavy (non-hydrogen) atoms. The van der Waals surface area contributed by atoms with E-state index in [-0.39, 0.29) is 23.3 Å². The molecular weight excluding hydrogens is 172 g/mol. The minimum Gasteiger partial charge on any atom is -0.492 e. The van der Waals surface area contributed by atoms with Crippen LogP contribution in [0.15, 0.2) is 0 Å². The van der Waals surface area contributed by atoms with Crippen molar-refractivity contribution in [2.45, 2.75) is 13.8 Å². The van der Waals surface area contributed by atoms with Crippen LogP contribution in [-0.2, 0) is 4.79 Å². The number of hydrogen-bond acceptors (Lipinski definition) is 5. The van der Waals surface area contributed by atoms with Crippen molar-refractivity contribution >= 4 is 17.4 Å². The number of carbonyl (C=O) groups excluding carboxylic acids is 1. The van der Waals surface area contributed by atoms with E-state index >= 15 is 0 Å². The summed E-state index contributed by atoms with van der Waals surface area (Å²) in [4.78, 5) is 18.1. The van der Waals surface area contributed by atoms with Crippen LogP contribution in [-0.4, -0.2) is 21.0 Å². The largest absolute Gasteiger partial charge is 0.492 e. The third-order valence-electron chi connectivity index (χ3n) is 1.33. The summed E-state index contributed by atoms with van der Waals surface area (Å²) in [6, 6.07) is 0. The first-order valence-electron chi connectivity index (χ1n) is 3.61. The van der Waals surface area contributed by atoms with Crippen molar-refractivity contribution in [1.82, 2.24) is 9.97 Å². The molecule has 6 nitrogen and oxygen atoms in total. The highest BCUT2D eigenvalue weighted by molar-refractivity contribution is 5.92. The number of anilines is 2. The Balaban J connectivity index is 3.13. The number of carbonyl (C=O) groups is 1. The van der Waals surface area contributed by atoms with Crippen molar-refractivity contribution in [1.29, 1.82) is 0 Å². The molecule has 6 heteroatoms. The minimum atomic E-state index is -0.338. The van der Waals surface area contributed by atoms with Crippen LogP contribution in [0.5, 0.6) is 5.88 Å². The lowest BCUT2D eigenvalue weighted by molar-refractivity contribution is -0.114. The number of nitrogens with one attached hydrogen (secondary N) is 1.